The minimum atomic E-state index is -0.339. The van der Waals surface area contributed by atoms with Crippen LogP contribution >= 0.6 is 11.8 Å². The second kappa shape index (κ2) is 7.14. The van der Waals surface area contributed by atoms with Crippen molar-refractivity contribution in [2.45, 2.75) is 5.16 Å². The minimum Gasteiger partial charge on any atom is -0.335 e. The SMILES string of the molecule is Nn1c(SCC(=O)Nc2ccccc2)nnc1-c1ccc(F)cc1. The van der Waals surface area contributed by atoms with E-state index in [1.807, 2.05) is 18.2 Å². The molecule has 3 N–H and O–H groups in total. The number of hydrogen-bond donors (Lipinski definition) is 2. The molecule has 0 aliphatic heterocycles. The van der Waals surface area contributed by atoms with Gasteiger partial charge in [0.2, 0.25) is 11.1 Å². The first-order valence-corrected chi connectivity index (χ1v) is 8.06. The highest BCUT2D eigenvalue weighted by molar-refractivity contribution is 7.99. The van der Waals surface area contributed by atoms with Crippen molar-refractivity contribution in [2.75, 3.05) is 16.9 Å². The smallest absolute Gasteiger partial charge is 0.234 e. The van der Waals surface area contributed by atoms with Gasteiger partial charge in [-0.05, 0) is 36.4 Å². The number of amides is 1. The Labute approximate surface area is 141 Å². The Morgan fingerprint density at radius 3 is 2.54 bits per heavy atom. The summed E-state index contributed by atoms with van der Waals surface area (Å²) in [5.74, 6) is 6.00. The van der Waals surface area contributed by atoms with Gasteiger partial charge in [0.25, 0.3) is 0 Å². The lowest BCUT2D eigenvalue weighted by atomic mass is 10.2. The molecule has 1 amide bonds. The summed E-state index contributed by atoms with van der Waals surface area (Å²) in [6.07, 6.45) is 0. The van der Waals surface area contributed by atoms with Crippen LogP contribution in [0, 0.1) is 5.82 Å². The number of hydrogen-bond acceptors (Lipinski definition) is 5. The third kappa shape index (κ3) is 3.72. The maximum Gasteiger partial charge on any atom is 0.234 e. The summed E-state index contributed by atoms with van der Waals surface area (Å²) in [7, 11) is 0. The molecule has 6 nitrogen and oxygen atoms in total. The number of nitrogens with zero attached hydrogens (tertiary/aromatic N) is 3. The highest BCUT2D eigenvalue weighted by Gasteiger charge is 2.14. The van der Waals surface area contributed by atoms with Crippen LogP contribution in [0.15, 0.2) is 59.8 Å². The van der Waals surface area contributed by atoms with Crippen molar-refractivity contribution in [2.24, 2.45) is 0 Å². The first kappa shape index (κ1) is 16.0. The maximum atomic E-state index is 13.0. The van der Waals surface area contributed by atoms with Crippen LogP contribution < -0.4 is 11.2 Å². The van der Waals surface area contributed by atoms with Gasteiger partial charge in [-0.1, -0.05) is 30.0 Å². The number of benzene rings is 2. The van der Waals surface area contributed by atoms with Gasteiger partial charge in [-0.3, -0.25) is 4.79 Å². The summed E-state index contributed by atoms with van der Waals surface area (Å²) in [6, 6.07) is 15.0. The fourth-order valence-corrected chi connectivity index (χ4v) is 2.68. The van der Waals surface area contributed by atoms with E-state index in [0.717, 1.165) is 5.69 Å². The summed E-state index contributed by atoms with van der Waals surface area (Å²) < 4.78 is 14.3. The van der Waals surface area contributed by atoms with E-state index in [1.54, 1.807) is 24.3 Å². The van der Waals surface area contributed by atoms with Crippen LogP contribution in [0.4, 0.5) is 10.1 Å². The first-order chi connectivity index (χ1) is 11.6. The molecule has 24 heavy (non-hydrogen) atoms. The van der Waals surface area contributed by atoms with E-state index in [-0.39, 0.29) is 17.5 Å². The molecule has 0 atom stereocenters. The molecule has 3 aromatic rings. The molecule has 0 unspecified atom stereocenters. The second-order valence-electron chi connectivity index (χ2n) is 4.89. The molecule has 3 rings (SSSR count). The van der Waals surface area contributed by atoms with Crippen molar-refractivity contribution in [3.05, 3.63) is 60.4 Å². The Hall–Kier alpha value is -2.87. The van der Waals surface area contributed by atoms with Gasteiger partial charge < -0.3 is 11.2 Å². The van der Waals surface area contributed by atoms with Crippen LogP contribution in [0.3, 0.4) is 0 Å². The van der Waals surface area contributed by atoms with E-state index >= 15 is 0 Å². The van der Waals surface area contributed by atoms with E-state index in [4.69, 9.17) is 5.84 Å². The zero-order valence-corrected chi connectivity index (χ0v) is 13.3. The van der Waals surface area contributed by atoms with E-state index in [9.17, 15) is 9.18 Å². The number of thioether (sulfide) groups is 1. The zero-order valence-electron chi connectivity index (χ0n) is 12.5. The molecule has 0 aliphatic carbocycles. The van der Waals surface area contributed by atoms with E-state index in [1.165, 1.54) is 28.6 Å². The van der Waals surface area contributed by atoms with Gasteiger partial charge in [-0.25, -0.2) is 9.07 Å². The summed E-state index contributed by atoms with van der Waals surface area (Å²) >= 11 is 1.17. The number of aromatic nitrogens is 3. The molecule has 0 spiro atoms. The Morgan fingerprint density at radius 1 is 1.12 bits per heavy atom. The fourth-order valence-electron chi connectivity index (χ4n) is 2.02. The predicted molar refractivity (Wildman–Crippen MR) is 91.4 cm³/mol. The van der Waals surface area contributed by atoms with Crippen LogP contribution in [-0.4, -0.2) is 26.5 Å². The molecule has 8 heteroatoms. The van der Waals surface area contributed by atoms with Crippen LogP contribution in [-0.2, 0) is 4.79 Å². The number of anilines is 1. The van der Waals surface area contributed by atoms with Gasteiger partial charge in [0.05, 0.1) is 5.75 Å². The molecular weight excluding hydrogens is 329 g/mol. The van der Waals surface area contributed by atoms with Crippen molar-refractivity contribution >= 4 is 23.4 Å². The molecular formula is C16H14FN5OS. The molecule has 0 saturated carbocycles. The second-order valence-corrected chi connectivity index (χ2v) is 5.83. The average Bonchev–Trinajstić information content (AvgIpc) is 2.95. The fraction of sp³-hybridized carbons (Fsp3) is 0.0625. The number of halogens is 1. The van der Waals surface area contributed by atoms with Gasteiger partial charge in [0, 0.05) is 11.3 Å². The molecule has 0 fully saturated rings. The Morgan fingerprint density at radius 2 is 1.83 bits per heavy atom. The quantitative estimate of drug-likeness (QED) is 0.549. The standard InChI is InChI=1S/C16H14FN5OS/c17-12-8-6-11(7-9-12)15-20-21-16(22(15)18)24-10-14(23)19-13-4-2-1-3-5-13/h1-9H,10,18H2,(H,19,23). The van der Waals surface area contributed by atoms with Gasteiger partial charge in [0.15, 0.2) is 5.82 Å². The minimum absolute atomic E-state index is 0.146. The summed E-state index contributed by atoms with van der Waals surface area (Å²) in [4.78, 5) is 11.9. The third-order valence-corrected chi connectivity index (χ3v) is 4.10. The number of rotatable bonds is 5. The van der Waals surface area contributed by atoms with Gasteiger partial charge in [-0.2, -0.15) is 0 Å². The Bertz CT molecular complexity index is 835. The molecule has 2 aromatic carbocycles. The third-order valence-electron chi connectivity index (χ3n) is 3.16. The molecule has 0 bridgehead atoms. The van der Waals surface area contributed by atoms with Crippen LogP contribution in [0.25, 0.3) is 11.4 Å². The van der Waals surface area contributed by atoms with E-state index in [2.05, 4.69) is 15.5 Å². The largest absolute Gasteiger partial charge is 0.335 e. The normalized spacial score (nSPS) is 10.5. The summed E-state index contributed by atoms with van der Waals surface area (Å²) in [5, 5.41) is 11.1. The summed E-state index contributed by atoms with van der Waals surface area (Å²) in [6.45, 7) is 0. The van der Waals surface area contributed by atoms with Crippen molar-refractivity contribution < 1.29 is 9.18 Å². The molecule has 0 aliphatic rings. The van der Waals surface area contributed by atoms with Gasteiger partial charge in [-0.15, -0.1) is 10.2 Å². The zero-order chi connectivity index (χ0) is 16.9. The topological polar surface area (TPSA) is 85.8 Å². The van der Waals surface area contributed by atoms with Gasteiger partial charge in [0.1, 0.15) is 5.82 Å². The first-order valence-electron chi connectivity index (χ1n) is 7.07. The Balaban J connectivity index is 1.64. The van der Waals surface area contributed by atoms with Crippen molar-refractivity contribution in [1.29, 1.82) is 0 Å². The lowest BCUT2D eigenvalue weighted by Crippen LogP contribution is -2.16. The highest BCUT2D eigenvalue weighted by atomic mass is 32.2. The molecule has 0 saturated heterocycles. The van der Waals surface area contributed by atoms with Crippen molar-refractivity contribution in [1.82, 2.24) is 14.9 Å². The molecule has 1 heterocycles. The van der Waals surface area contributed by atoms with Crippen LogP contribution in [0.1, 0.15) is 0 Å². The number of nitrogens with one attached hydrogen (secondary N) is 1. The number of carbonyl (C=O) groups is 1. The molecule has 1 aromatic heterocycles. The van der Waals surface area contributed by atoms with Crippen LogP contribution in [0.5, 0.6) is 0 Å². The molecule has 122 valence electrons. The van der Waals surface area contributed by atoms with E-state index in [0.29, 0.717) is 16.5 Å². The average molecular weight is 343 g/mol. The number of nitrogens with two attached hydrogens (primary N) is 1. The van der Waals surface area contributed by atoms with Crippen molar-refractivity contribution in [3.8, 4) is 11.4 Å². The van der Waals surface area contributed by atoms with Crippen molar-refractivity contribution in [3.63, 3.8) is 0 Å². The number of para-hydroxylation sites is 1. The number of carbonyl (C=O) groups excluding carboxylic acids is 1. The van der Waals surface area contributed by atoms with Crippen LogP contribution in [0.2, 0.25) is 0 Å². The number of nitrogen functional groups attached to an aromatic ring is 1. The Kier molecular flexibility index (Phi) is 4.76. The maximum absolute atomic E-state index is 13.0. The van der Waals surface area contributed by atoms with Gasteiger partial charge >= 0.3 is 0 Å². The monoisotopic (exact) mass is 343 g/mol. The lowest BCUT2D eigenvalue weighted by molar-refractivity contribution is -0.113. The predicted octanol–water partition coefficient (Wildman–Crippen LogP) is 2.53. The van der Waals surface area contributed by atoms with E-state index < -0.39 is 0 Å². The lowest BCUT2D eigenvalue weighted by Gasteiger charge is -2.05. The summed E-state index contributed by atoms with van der Waals surface area (Å²) in [5.41, 5.74) is 1.37. The highest BCUT2D eigenvalue weighted by Crippen LogP contribution is 2.22. The molecule has 0 radical (unpaired) electrons.